The second-order valence-electron chi connectivity index (χ2n) is 5.76. The van der Waals surface area contributed by atoms with Crippen molar-refractivity contribution in [2.24, 2.45) is 10.4 Å². The molecule has 0 aliphatic carbocycles. The van der Waals surface area contributed by atoms with E-state index in [1.165, 1.54) is 7.11 Å². The summed E-state index contributed by atoms with van der Waals surface area (Å²) in [7, 11) is 1.50. The number of benzene rings is 1. The van der Waals surface area contributed by atoms with Gasteiger partial charge in [0.1, 0.15) is 5.75 Å². The Kier molecular flexibility index (Phi) is 4.41. The molecule has 136 valence electrons. The molecule has 0 bridgehead atoms. The number of esters is 1. The minimum Gasteiger partial charge on any atom is -0.497 e. The maximum absolute atomic E-state index is 13.0. The predicted molar refractivity (Wildman–Crippen MR) is 89.2 cm³/mol. The van der Waals surface area contributed by atoms with E-state index in [1.807, 2.05) is 0 Å². The van der Waals surface area contributed by atoms with Gasteiger partial charge >= 0.3 is 5.97 Å². The molecule has 0 saturated carbocycles. The number of ether oxygens (including phenoxy) is 2. The van der Waals surface area contributed by atoms with Crippen LogP contribution in [0.3, 0.4) is 0 Å². The molecule has 0 N–H and O–H groups in total. The predicted octanol–water partition coefficient (Wildman–Crippen LogP) is 1.00. The molecule has 2 aliphatic heterocycles. The van der Waals surface area contributed by atoms with Gasteiger partial charge < -0.3 is 9.47 Å². The van der Waals surface area contributed by atoms with Crippen molar-refractivity contribution in [2.45, 2.75) is 25.3 Å². The van der Waals surface area contributed by atoms with Gasteiger partial charge in [-0.15, -0.1) is 15.1 Å². The lowest BCUT2D eigenvalue weighted by Crippen LogP contribution is -2.48. The van der Waals surface area contributed by atoms with Crippen molar-refractivity contribution in [3.8, 4) is 5.75 Å². The Hall–Kier alpha value is -3.30. The zero-order valence-electron chi connectivity index (χ0n) is 14.2. The van der Waals surface area contributed by atoms with Crippen molar-refractivity contribution >= 4 is 29.2 Å². The minimum atomic E-state index is -1.64. The van der Waals surface area contributed by atoms with Crippen LogP contribution in [0.25, 0.3) is 0 Å². The normalized spacial score (nSPS) is 22.0. The quantitative estimate of drug-likeness (QED) is 0.437. The average Bonchev–Trinajstić information content (AvgIpc) is 3.13. The van der Waals surface area contributed by atoms with Crippen LogP contribution in [0, 0.1) is 4.91 Å². The van der Waals surface area contributed by atoms with Gasteiger partial charge in [-0.05, 0) is 31.2 Å². The molecular weight excluding hydrogens is 344 g/mol. The number of hydrazone groups is 1. The van der Waals surface area contributed by atoms with Crippen molar-refractivity contribution in [1.82, 2.24) is 5.12 Å². The van der Waals surface area contributed by atoms with Crippen LogP contribution in [-0.4, -0.2) is 47.9 Å². The van der Waals surface area contributed by atoms with E-state index in [9.17, 15) is 19.3 Å². The second-order valence-corrected chi connectivity index (χ2v) is 5.76. The van der Waals surface area contributed by atoms with Crippen LogP contribution < -0.4 is 9.64 Å². The molecule has 10 nitrogen and oxygen atoms in total. The lowest BCUT2D eigenvalue weighted by Gasteiger charge is -2.24. The highest BCUT2D eigenvalue weighted by atomic mass is 16.5. The molecule has 1 fully saturated rings. The van der Waals surface area contributed by atoms with E-state index in [0.29, 0.717) is 16.6 Å². The van der Waals surface area contributed by atoms with Crippen LogP contribution in [0.4, 0.5) is 5.69 Å². The van der Waals surface area contributed by atoms with E-state index in [2.05, 4.69) is 10.4 Å². The Morgan fingerprint density at radius 1 is 1.27 bits per heavy atom. The van der Waals surface area contributed by atoms with E-state index < -0.39 is 23.3 Å². The number of anilines is 1. The smallest absolute Gasteiger partial charge is 0.354 e. The monoisotopic (exact) mass is 360 g/mol. The number of carbonyl (C=O) groups excluding carboxylic acids is 3. The highest BCUT2D eigenvalue weighted by Crippen LogP contribution is 2.40. The van der Waals surface area contributed by atoms with Crippen LogP contribution in [0.1, 0.15) is 19.8 Å². The Morgan fingerprint density at radius 3 is 2.54 bits per heavy atom. The zero-order chi connectivity index (χ0) is 18.9. The fourth-order valence-corrected chi connectivity index (χ4v) is 3.03. The van der Waals surface area contributed by atoms with Gasteiger partial charge in [-0.3, -0.25) is 9.59 Å². The zero-order valence-corrected chi connectivity index (χ0v) is 14.2. The molecule has 2 heterocycles. The molecule has 1 aromatic rings. The molecule has 3 rings (SSSR count). The highest BCUT2D eigenvalue weighted by Gasteiger charge is 2.61. The molecule has 1 spiro atoms. The molecule has 2 aliphatic rings. The maximum atomic E-state index is 13.0. The number of nitrogens with zero attached hydrogens (tertiary/aromatic N) is 4. The van der Waals surface area contributed by atoms with Crippen LogP contribution in [0.15, 0.2) is 34.7 Å². The summed E-state index contributed by atoms with van der Waals surface area (Å²) < 4.78 is 9.91. The van der Waals surface area contributed by atoms with E-state index in [0.717, 1.165) is 4.90 Å². The molecule has 1 aromatic carbocycles. The van der Waals surface area contributed by atoms with Gasteiger partial charge in [-0.2, -0.15) is 0 Å². The first-order valence-electron chi connectivity index (χ1n) is 7.86. The van der Waals surface area contributed by atoms with Crippen molar-refractivity contribution in [3.05, 3.63) is 29.2 Å². The third-order valence-electron chi connectivity index (χ3n) is 4.27. The van der Waals surface area contributed by atoms with Crippen LogP contribution >= 0.6 is 0 Å². The Labute approximate surface area is 148 Å². The Bertz CT molecular complexity index is 805. The van der Waals surface area contributed by atoms with Gasteiger partial charge in [0.2, 0.25) is 5.91 Å². The molecule has 1 saturated heterocycles. The summed E-state index contributed by atoms with van der Waals surface area (Å²) >= 11 is 0. The van der Waals surface area contributed by atoms with Crippen LogP contribution in [-0.2, 0) is 19.1 Å². The van der Waals surface area contributed by atoms with E-state index in [-0.39, 0.29) is 25.2 Å². The van der Waals surface area contributed by atoms with E-state index >= 15 is 0 Å². The molecule has 26 heavy (non-hydrogen) atoms. The van der Waals surface area contributed by atoms with Gasteiger partial charge in [0, 0.05) is 6.42 Å². The van der Waals surface area contributed by atoms with Crippen molar-refractivity contribution in [2.75, 3.05) is 18.6 Å². The number of rotatable bonds is 5. The molecular formula is C16H16N4O6. The number of amides is 2. The summed E-state index contributed by atoms with van der Waals surface area (Å²) in [4.78, 5) is 49.6. The summed E-state index contributed by atoms with van der Waals surface area (Å²) in [5, 5.41) is 7.10. The van der Waals surface area contributed by atoms with Gasteiger partial charge in [-0.25, -0.2) is 9.69 Å². The Morgan fingerprint density at radius 2 is 1.96 bits per heavy atom. The summed E-state index contributed by atoms with van der Waals surface area (Å²) in [6, 6.07) is 6.31. The van der Waals surface area contributed by atoms with Crippen molar-refractivity contribution < 1.29 is 23.9 Å². The van der Waals surface area contributed by atoms with Gasteiger partial charge in [0.15, 0.2) is 11.3 Å². The topological polar surface area (TPSA) is 118 Å². The fourth-order valence-electron chi connectivity index (χ4n) is 3.03. The number of methoxy groups -OCH3 is 1. The first kappa shape index (κ1) is 17.5. The Balaban J connectivity index is 1.92. The lowest BCUT2D eigenvalue weighted by atomic mass is 9.92. The average molecular weight is 360 g/mol. The highest BCUT2D eigenvalue weighted by molar-refractivity contribution is 6.39. The third-order valence-corrected chi connectivity index (χ3v) is 4.27. The number of carbonyl (C=O) groups is 3. The van der Waals surface area contributed by atoms with Gasteiger partial charge in [0.25, 0.3) is 5.91 Å². The number of nitroso groups, excluding NO2 is 1. The first-order chi connectivity index (χ1) is 12.5. The number of hydrogen-bond acceptors (Lipinski definition) is 8. The summed E-state index contributed by atoms with van der Waals surface area (Å²) in [6.07, 6.45) is -0.551. The molecule has 0 radical (unpaired) electrons. The van der Waals surface area contributed by atoms with E-state index in [1.54, 1.807) is 31.2 Å². The largest absolute Gasteiger partial charge is 0.497 e. The summed E-state index contributed by atoms with van der Waals surface area (Å²) in [6.45, 7) is 1.73. The third kappa shape index (κ3) is 2.59. The standard InChI is InChI=1S/C16H16N4O6/c1-3-26-14(22)12-8-16(20(17-12)18-24)9-13(21)19(15(16)23)10-4-6-11(25-2)7-5-10/h4-7H,3,8-9H2,1-2H3/t16-/m1/s1. The minimum absolute atomic E-state index is 0.115. The van der Waals surface area contributed by atoms with E-state index in [4.69, 9.17) is 9.47 Å². The SMILES string of the molecule is CCOC(=O)C1=NN(N=O)[C@@]2(CC(=O)N(c3ccc(OC)cc3)C2=O)C1. The van der Waals surface area contributed by atoms with Crippen molar-refractivity contribution in [3.63, 3.8) is 0 Å². The molecule has 1 atom stereocenters. The molecule has 0 aromatic heterocycles. The van der Waals surface area contributed by atoms with Crippen LogP contribution in [0.2, 0.25) is 0 Å². The summed E-state index contributed by atoms with van der Waals surface area (Å²) in [5.74, 6) is -1.38. The van der Waals surface area contributed by atoms with Gasteiger partial charge in [-0.1, -0.05) is 0 Å². The molecule has 2 amide bonds. The maximum Gasteiger partial charge on any atom is 0.354 e. The van der Waals surface area contributed by atoms with Crippen LogP contribution in [0.5, 0.6) is 5.75 Å². The lowest BCUT2D eigenvalue weighted by molar-refractivity contribution is -0.135. The summed E-state index contributed by atoms with van der Waals surface area (Å²) in [5.41, 5.74) is -1.43. The first-order valence-corrected chi connectivity index (χ1v) is 7.86. The van der Waals surface area contributed by atoms with Gasteiger partial charge in [0.05, 0.1) is 31.1 Å². The number of imide groups is 1. The van der Waals surface area contributed by atoms with Crippen molar-refractivity contribution in [1.29, 1.82) is 0 Å². The second kappa shape index (κ2) is 6.54. The number of hydrogen-bond donors (Lipinski definition) is 0. The fraction of sp³-hybridized carbons (Fsp3) is 0.375. The molecule has 10 heteroatoms. The molecule has 0 unspecified atom stereocenters.